The number of benzene rings is 2. The van der Waals surface area contributed by atoms with Gasteiger partial charge in [0.2, 0.25) is 10.0 Å². The number of ether oxygens (including phenoxy) is 1. The Bertz CT molecular complexity index is 1000. The summed E-state index contributed by atoms with van der Waals surface area (Å²) >= 11 is 5.96. The molecule has 0 bridgehead atoms. The Kier molecular flexibility index (Phi) is 6.82. The molecule has 0 aliphatic carbocycles. The zero-order valence-corrected chi connectivity index (χ0v) is 16.9. The minimum absolute atomic E-state index is 0.117. The van der Waals surface area contributed by atoms with Crippen molar-refractivity contribution in [1.29, 1.82) is 0 Å². The van der Waals surface area contributed by atoms with Crippen LogP contribution in [0.15, 0.2) is 55.1 Å². The lowest BCUT2D eigenvalue weighted by Gasteiger charge is -2.20. The Balaban J connectivity index is 2.22. The van der Waals surface area contributed by atoms with Crippen molar-refractivity contribution < 1.29 is 22.7 Å². The van der Waals surface area contributed by atoms with Gasteiger partial charge in [0.1, 0.15) is 0 Å². The molecule has 2 aromatic carbocycles. The number of anilines is 2. The SMILES string of the molecule is C=CCN(c1ccc(C(=O)Nc2ccc(Cl)c(C(=O)OC)c2)cc1)S(C)(=O)=O. The number of hydrogen-bond donors (Lipinski definition) is 1. The highest BCUT2D eigenvalue weighted by Gasteiger charge is 2.17. The van der Waals surface area contributed by atoms with Gasteiger partial charge in [0, 0.05) is 11.3 Å². The second-order valence-corrected chi connectivity index (χ2v) is 8.08. The summed E-state index contributed by atoms with van der Waals surface area (Å²) in [5, 5.41) is 2.86. The molecule has 148 valence electrons. The van der Waals surface area contributed by atoms with Gasteiger partial charge in [-0.2, -0.15) is 0 Å². The number of sulfonamides is 1. The summed E-state index contributed by atoms with van der Waals surface area (Å²) in [5.74, 6) is -1.05. The van der Waals surface area contributed by atoms with Crippen LogP contribution < -0.4 is 9.62 Å². The van der Waals surface area contributed by atoms with E-state index in [1.165, 1.54) is 53.9 Å². The maximum Gasteiger partial charge on any atom is 0.339 e. The van der Waals surface area contributed by atoms with E-state index >= 15 is 0 Å². The Morgan fingerprint density at radius 3 is 2.39 bits per heavy atom. The number of rotatable bonds is 7. The third-order valence-electron chi connectivity index (χ3n) is 3.74. The van der Waals surface area contributed by atoms with Crippen molar-refractivity contribution in [3.63, 3.8) is 0 Å². The van der Waals surface area contributed by atoms with Gasteiger partial charge in [-0.1, -0.05) is 17.7 Å². The lowest BCUT2D eigenvalue weighted by atomic mass is 10.1. The molecule has 0 saturated carbocycles. The van der Waals surface area contributed by atoms with E-state index in [0.29, 0.717) is 16.9 Å². The van der Waals surface area contributed by atoms with Crippen LogP contribution in [-0.2, 0) is 14.8 Å². The number of nitrogens with one attached hydrogen (secondary N) is 1. The molecule has 0 unspecified atom stereocenters. The molecule has 0 heterocycles. The van der Waals surface area contributed by atoms with Crippen molar-refractivity contribution in [2.75, 3.05) is 29.5 Å². The van der Waals surface area contributed by atoms with E-state index in [0.717, 1.165) is 6.26 Å². The first kappa shape index (κ1) is 21.5. The number of halogens is 1. The molecule has 0 spiro atoms. The lowest BCUT2D eigenvalue weighted by Crippen LogP contribution is -2.29. The average molecular weight is 423 g/mol. The summed E-state index contributed by atoms with van der Waals surface area (Å²) in [6, 6.07) is 10.5. The van der Waals surface area contributed by atoms with E-state index in [1.807, 2.05) is 0 Å². The fourth-order valence-corrected chi connectivity index (χ4v) is 3.48. The molecule has 2 rings (SSSR count). The Hall–Kier alpha value is -2.84. The number of amides is 1. The van der Waals surface area contributed by atoms with Crippen LogP contribution >= 0.6 is 11.6 Å². The quantitative estimate of drug-likeness (QED) is 0.545. The third-order valence-corrected chi connectivity index (χ3v) is 5.23. The van der Waals surface area contributed by atoms with Crippen molar-refractivity contribution in [1.82, 2.24) is 0 Å². The van der Waals surface area contributed by atoms with Crippen molar-refractivity contribution in [2.24, 2.45) is 0 Å². The molecular weight excluding hydrogens is 404 g/mol. The average Bonchev–Trinajstić information content (AvgIpc) is 2.66. The smallest absolute Gasteiger partial charge is 0.339 e. The number of nitrogens with zero attached hydrogens (tertiary/aromatic N) is 1. The monoisotopic (exact) mass is 422 g/mol. The van der Waals surface area contributed by atoms with E-state index < -0.39 is 21.9 Å². The van der Waals surface area contributed by atoms with Gasteiger partial charge in [-0.25, -0.2) is 13.2 Å². The first-order valence-electron chi connectivity index (χ1n) is 8.05. The van der Waals surface area contributed by atoms with Gasteiger partial charge in [-0.05, 0) is 42.5 Å². The fraction of sp³-hybridized carbons (Fsp3) is 0.158. The largest absolute Gasteiger partial charge is 0.465 e. The summed E-state index contributed by atoms with van der Waals surface area (Å²) in [4.78, 5) is 24.1. The number of carbonyl (C=O) groups excluding carboxylic acids is 2. The number of esters is 1. The Morgan fingerprint density at radius 1 is 1.21 bits per heavy atom. The Morgan fingerprint density at radius 2 is 1.86 bits per heavy atom. The highest BCUT2D eigenvalue weighted by Crippen LogP contribution is 2.23. The predicted octanol–water partition coefficient (Wildman–Crippen LogP) is 3.33. The van der Waals surface area contributed by atoms with Crippen LogP contribution in [0.25, 0.3) is 0 Å². The number of carbonyl (C=O) groups is 2. The summed E-state index contributed by atoms with van der Waals surface area (Å²) in [7, 11) is -2.24. The van der Waals surface area contributed by atoms with E-state index in [1.54, 1.807) is 6.07 Å². The summed E-state index contributed by atoms with van der Waals surface area (Å²) in [6.45, 7) is 3.67. The van der Waals surface area contributed by atoms with Crippen LogP contribution in [0.2, 0.25) is 5.02 Å². The van der Waals surface area contributed by atoms with Crippen LogP contribution in [0.1, 0.15) is 20.7 Å². The van der Waals surface area contributed by atoms with Crippen molar-refractivity contribution in [2.45, 2.75) is 0 Å². The first-order valence-corrected chi connectivity index (χ1v) is 10.3. The molecule has 0 radical (unpaired) electrons. The number of methoxy groups -OCH3 is 1. The third kappa shape index (κ3) is 5.11. The Labute approximate surface area is 168 Å². The van der Waals surface area contributed by atoms with E-state index in [2.05, 4.69) is 16.6 Å². The van der Waals surface area contributed by atoms with Gasteiger partial charge in [0.15, 0.2) is 0 Å². The summed E-state index contributed by atoms with van der Waals surface area (Å²) in [6.07, 6.45) is 2.57. The topological polar surface area (TPSA) is 92.8 Å². The number of hydrogen-bond acceptors (Lipinski definition) is 5. The van der Waals surface area contributed by atoms with Crippen molar-refractivity contribution in [3.8, 4) is 0 Å². The molecule has 28 heavy (non-hydrogen) atoms. The maximum absolute atomic E-state index is 12.4. The van der Waals surface area contributed by atoms with E-state index in [9.17, 15) is 18.0 Å². The maximum atomic E-state index is 12.4. The molecule has 2 aromatic rings. The molecule has 1 N–H and O–H groups in total. The minimum atomic E-state index is -3.48. The normalized spacial score (nSPS) is 10.8. The zero-order valence-electron chi connectivity index (χ0n) is 15.3. The van der Waals surface area contributed by atoms with Gasteiger partial charge >= 0.3 is 5.97 Å². The van der Waals surface area contributed by atoms with E-state index in [4.69, 9.17) is 11.6 Å². The second kappa shape index (κ2) is 8.90. The molecule has 0 aliphatic rings. The van der Waals surface area contributed by atoms with Gasteiger partial charge in [-0.15, -0.1) is 6.58 Å². The van der Waals surface area contributed by atoms with Crippen LogP contribution in [0.5, 0.6) is 0 Å². The lowest BCUT2D eigenvalue weighted by molar-refractivity contribution is 0.0600. The highest BCUT2D eigenvalue weighted by molar-refractivity contribution is 7.92. The molecular formula is C19H19ClN2O5S. The standard InChI is InChI=1S/C19H19ClN2O5S/c1-4-11-22(28(3,25)26)15-8-5-13(6-9-15)18(23)21-14-7-10-17(20)16(12-14)19(24)27-2/h4-10,12H,1,11H2,2-3H3,(H,21,23). The zero-order chi connectivity index (χ0) is 20.9. The van der Waals surface area contributed by atoms with E-state index in [-0.39, 0.29) is 17.1 Å². The first-order chi connectivity index (χ1) is 13.2. The molecule has 9 heteroatoms. The molecule has 0 aromatic heterocycles. The molecule has 0 aliphatic heterocycles. The van der Waals surface area contributed by atoms with Gasteiger partial charge in [-0.3, -0.25) is 9.10 Å². The van der Waals surface area contributed by atoms with Gasteiger partial charge < -0.3 is 10.1 Å². The van der Waals surface area contributed by atoms with Crippen LogP contribution in [0.3, 0.4) is 0 Å². The molecule has 0 fully saturated rings. The van der Waals surface area contributed by atoms with Gasteiger partial charge in [0.05, 0.1) is 36.2 Å². The van der Waals surface area contributed by atoms with Crippen molar-refractivity contribution >= 4 is 44.9 Å². The fourth-order valence-electron chi connectivity index (χ4n) is 2.40. The molecule has 7 nitrogen and oxygen atoms in total. The molecule has 0 saturated heterocycles. The highest BCUT2D eigenvalue weighted by atomic mass is 35.5. The summed E-state index contributed by atoms with van der Waals surface area (Å²) < 4.78 is 29.6. The molecule has 0 atom stereocenters. The predicted molar refractivity (Wildman–Crippen MR) is 110 cm³/mol. The van der Waals surface area contributed by atoms with Gasteiger partial charge in [0.25, 0.3) is 5.91 Å². The van der Waals surface area contributed by atoms with Crippen molar-refractivity contribution in [3.05, 3.63) is 71.3 Å². The van der Waals surface area contributed by atoms with Crippen LogP contribution in [0, 0.1) is 0 Å². The van der Waals surface area contributed by atoms with Crippen LogP contribution in [-0.4, -0.2) is 40.2 Å². The van der Waals surface area contributed by atoms with Crippen LogP contribution in [0.4, 0.5) is 11.4 Å². The second-order valence-electron chi connectivity index (χ2n) is 5.77. The minimum Gasteiger partial charge on any atom is -0.465 e. The molecule has 1 amide bonds. The summed E-state index contributed by atoms with van der Waals surface area (Å²) in [5.41, 5.74) is 1.22.